The van der Waals surface area contributed by atoms with Crippen molar-refractivity contribution in [1.29, 1.82) is 0 Å². The predicted octanol–water partition coefficient (Wildman–Crippen LogP) is 0.849. The number of anilines is 1. The van der Waals surface area contributed by atoms with Crippen LogP contribution in [0.25, 0.3) is 0 Å². The lowest BCUT2D eigenvalue weighted by Gasteiger charge is -2.15. The Balaban J connectivity index is 2.83. The van der Waals surface area contributed by atoms with Gasteiger partial charge in [-0.15, -0.1) is 0 Å². The first-order chi connectivity index (χ1) is 8.38. The van der Waals surface area contributed by atoms with Gasteiger partial charge in [-0.2, -0.15) is 0 Å². The molecule has 0 amide bonds. The Bertz CT molecular complexity index is 510. The number of hydrogen-bond acceptors (Lipinski definition) is 6. The van der Waals surface area contributed by atoms with Gasteiger partial charge in [0.25, 0.3) is 0 Å². The molecular formula is C11H16N2O4S. The third-order valence-corrected chi connectivity index (χ3v) is 3.35. The molecule has 0 aromatic carbocycles. The van der Waals surface area contributed by atoms with E-state index in [0.717, 1.165) is 6.26 Å². The van der Waals surface area contributed by atoms with Gasteiger partial charge in [0, 0.05) is 6.26 Å². The average molecular weight is 272 g/mol. The minimum absolute atomic E-state index is 0.000772. The topological polar surface area (TPSA) is 85.4 Å². The molecule has 1 atom stereocenters. The van der Waals surface area contributed by atoms with Crippen LogP contribution in [0, 0.1) is 0 Å². The molecule has 0 spiro atoms. The average Bonchev–Trinajstić information content (AvgIpc) is 2.34. The number of carbonyl (C=O) groups is 1. The summed E-state index contributed by atoms with van der Waals surface area (Å²) in [5.41, 5.74) is 0.569. The molecule has 100 valence electrons. The molecule has 0 saturated carbocycles. The van der Waals surface area contributed by atoms with E-state index >= 15 is 0 Å². The van der Waals surface area contributed by atoms with Crippen LogP contribution in [0.5, 0.6) is 0 Å². The minimum atomic E-state index is -3.31. The van der Waals surface area contributed by atoms with Crippen LogP contribution in [0.1, 0.15) is 13.3 Å². The van der Waals surface area contributed by atoms with Gasteiger partial charge in [-0.05, 0) is 18.6 Å². The quantitative estimate of drug-likeness (QED) is 0.800. The van der Waals surface area contributed by atoms with E-state index in [1.54, 1.807) is 6.07 Å². The number of nitrogens with zero attached hydrogens (tertiary/aromatic N) is 1. The van der Waals surface area contributed by atoms with Crippen LogP contribution < -0.4 is 5.32 Å². The number of methoxy groups -OCH3 is 1. The van der Waals surface area contributed by atoms with Crippen molar-refractivity contribution in [3.63, 3.8) is 0 Å². The highest BCUT2D eigenvalue weighted by molar-refractivity contribution is 7.90. The van der Waals surface area contributed by atoms with Crippen molar-refractivity contribution in [1.82, 2.24) is 4.98 Å². The van der Waals surface area contributed by atoms with E-state index in [2.05, 4.69) is 15.0 Å². The molecule has 1 N–H and O–H groups in total. The van der Waals surface area contributed by atoms with Gasteiger partial charge in [-0.1, -0.05) is 6.92 Å². The van der Waals surface area contributed by atoms with Gasteiger partial charge >= 0.3 is 5.97 Å². The largest absolute Gasteiger partial charge is 0.467 e. The van der Waals surface area contributed by atoms with Gasteiger partial charge in [0.15, 0.2) is 14.9 Å². The van der Waals surface area contributed by atoms with Crippen LogP contribution in [-0.2, 0) is 19.4 Å². The third-order valence-electron chi connectivity index (χ3n) is 2.35. The molecule has 6 nitrogen and oxygen atoms in total. The SMILES string of the molecule is CCC(Nc1ccc(S(C)(=O)=O)nc1)C(=O)OC. The molecule has 0 bridgehead atoms. The normalized spacial score (nSPS) is 12.8. The van der Waals surface area contributed by atoms with E-state index in [9.17, 15) is 13.2 Å². The molecule has 0 aliphatic carbocycles. The van der Waals surface area contributed by atoms with Gasteiger partial charge in [0.2, 0.25) is 0 Å². The van der Waals surface area contributed by atoms with Crippen molar-refractivity contribution in [2.24, 2.45) is 0 Å². The Morgan fingerprint density at radius 1 is 1.50 bits per heavy atom. The zero-order valence-electron chi connectivity index (χ0n) is 10.5. The van der Waals surface area contributed by atoms with Crippen LogP contribution in [-0.4, -0.2) is 38.8 Å². The van der Waals surface area contributed by atoms with E-state index in [1.807, 2.05) is 6.92 Å². The summed E-state index contributed by atoms with van der Waals surface area (Å²) in [4.78, 5) is 15.2. The summed E-state index contributed by atoms with van der Waals surface area (Å²) < 4.78 is 27.1. The first-order valence-electron chi connectivity index (χ1n) is 5.39. The van der Waals surface area contributed by atoms with Crippen molar-refractivity contribution in [2.75, 3.05) is 18.7 Å². The molecule has 7 heteroatoms. The Kier molecular flexibility index (Phi) is 4.66. The molecule has 1 heterocycles. The molecule has 0 saturated heterocycles. The highest BCUT2D eigenvalue weighted by Gasteiger charge is 2.17. The maximum atomic E-state index is 11.4. The summed E-state index contributed by atoms with van der Waals surface area (Å²) in [5, 5.41) is 2.93. The van der Waals surface area contributed by atoms with E-state index in [4.69, 9.17) is 0 Å². The maximum absolute atomic E-state index is 11.4. The van der Waals surface area contributed by atoms with Crippen molar-refractivity contribution in [2.45, 2.75) is 24.4 Å². The Labute approximate surface area is 106 Å². The molecule has 1 aromatic rings. The molecule has 0 radical (unpaired) electrons. The van der Waals surface area contributed by atoms with E-state index in [0.29, 0.717) is 12.1 Å². The van der Waals surface area contributed by atoms with Crippen LogP contribution in [0.2, 0.25) is 0 Å². The summed E-state index contributed by atoms with van der Waals surface area (Å²) >= 11 is 0. The fraction of sp³-hybridized carbons (Fsp3) is 0.455. The number of hydrogen-bond donors (Lipinski definition) is 1. The molecular weight excluding hydrogens is 256 g/mol. The van der Waals surface area contributed by atoms with Gasteiger partial charge < -0.3 is 10.1 Å². The monoisotopic (exact) mass is 272 g/mol. The lowest BCUT2D eigenvalue weighted by atomic mass is 10.2. The van der Waals surface area contributed by atoms with E-state index in [-0.39, 0.29) is 11.0 Å². The van der Waals surface area contributed by atoms with E-state index in [1.165, 1.54) is 19.4 Å². The van der Waals surface area contributed by atoms with Crippen molar-refractivity contribution >= 4 is 21.5 Å². The van der Waals surface area contributed by atoms with Crippen LogP contribution in [0.15, 0.2) is 23.4 Å². The first-order valence-corrected chi connectivity index (χ1v) is 7.28. The number of sulfone groups is 1. The highest BCUT2D eigenvalue weighted by Crippen LogP contribution is 2.12. The lowest BCUT2D eigenvalue weighted by Crippen LogP contribution is -2.29. The summed E-state index contributed by atoms with van der Waals surface area (Å²) in [6.45, 7) is 1.84. The number of ether oxygens (including phenoxy) is 1. The Morgan fingerprint density at radius 3 is 2.56 bits per heavy atom. The zero-order valence-corrected chi connectivity index (χ0v) is 11.3. The van der Waals surface area contributed by atoms with Gasteiger partial charge in [0.05, 0.1) is 19.0 Å². The number of rotatable bonds is 5. The predicted molar refractivity (Wildman–Crippen MR) is 67.1 cm³/mol. The smallest absolute Gasteiger partial charge is 0.328 e. The molecule has 0 fully saturated rings. The van der Waals surface area contributed by atoms with Gasteiger partial charge in [-0.3, -0.25) is 0 Å². The molecule has 1 unspecified atom stereocenters. The molecule has 0 aliphatic heterocycles. The lowest BCUT2D eigenvalue weighted by molar-refractivity contribution is -0.141. The molecule has 1 aromatic heterocycles. The zero-order chi connectivity index (χ0) is 13.8. The van der Waals surface area contributed by atoms with Crippen LogP contribution in [0.4, 0.5) is 5.69 Å². The summed E-state index contributed by atoms with van der Waals surface area (Å²) in [7, 11) is -1.99. The van der Waals surface area contributed by atoms with Crippen molar-refractivity contribution in [3.05, 3.63) is 18.3 Å². The number of aromatic nitrogens is 1. The minimum Gasteiger partial charge on any atom is -0.467 e. The van der Waals surface area contributed by atoms with Crippen LogP contribution >= 0.6 is 0 Å². The summed E-state index contributed by atoms with van der Waals surface area (Å²) in [6, 6.07) is 2.48. The van der Waals surface area contributed by atoms with Crippen LogP contribution in [0.3, 0.4) is 0 Å². The third kappa shape index (κ3) is 3.69. The second-order valence-electron chi connectivity index (χ2n) is 3.79. The number of pyridine rings is 1. The van der Waals surface area contributed by atoms with Gasteiger partial charge in [-0.25, -0.2) is 18.2 Å². The number of carbonyl (C=O) groups excluding carboxylic acids is 1. The number of esters is 1. The van der Waals surface area contributed by atoms with E-state index < -0.39 is 15.9 Å². The second-order valence-corrected chi connectivity index (χ2v) is 5.75. The van der Waals surface area contributed by atoms with Gasteiger partial charge in [0.1, 0.15) is 6.04 Å². The highest BCUT2D eigenvalue weighted by atomic mass is 32.2. The second kappa shape index (κ2) is 5.81. The standard InChI is InChI=1S/C11H16N2O4S/c1-4-9(11(14)17-2)13-8-5-6-10(12-7-8)18(3,15)16/h5-7,9,13H,4H2,1-3H3. The van der Waals surface area contributed by atoms with Crippen molar-refractivity contribution < 1.29 is 17.9 Å². The fourth-order valence-corrected chi connectivity index (χ4v) is 1.92. The maximum Gasteiger partial charge on any atom is 0.328 e. The molecule has 18 heavy (non-hydrogen) atoms. The first kappa shape index (κ1) is 14.4. The Morgan fingerprint density at radius 2 is 2.17 bits per heavy atom. The number of nitrogens with one attached hydrogen (secondary N) is 1. The molecule has 1 rings (SSSR count). The molecule has 0 aliphatic rings. The fourth-order valence-electron chi connectivity index (χ4n) is 1.36. The Hall–Kier alpha value is -1.63. The summed E-state index contributed by atoms with van der Waals surface area (Å²) in [6.07, 6.45) is 3.02. The van der Waals surface area contributed by atoms with Crippen molar-refractivity contribution in [3.8, 4) is 0 Å². The summed E-state index contributed by atoms with van der Waals surface area (Å²) in [5.74, 6) is -0.371.